The Morgan fingerprint density at radius 2 is 1.09 bits per heavy atom. The number of hydrogen-bond acceptors (Lipinski definition) is 6. The highest BCUT2D eigenvalue weighted by molar-refractivity contribution is 7.99. The summed E-state index contributed by atoms with van der Waals surface area (Å²) in [6, 6.07) is 65.6. The lowest BCUT2D eigenvalue weighted by Crippen LogP contribution is -2.14. The molecule has 0 atom stereocenters. The average Bonchev–Trinajstić information content (AvgIpc) is 3.83. The molecule has 272 valence electrons. The Morgan fingerprint density at radius 1 is 0.414 bits per heavy atom. The molecule has 0 fully saturated rings. The van der Waals surface area contributed by atoms with Gasteiger partial charge in [0.05, 0.1) is 22.4 Å². The van der Waals surface area contributed by atoms with Crippen molar-refractivity contribution in [3.63, 3.8) is 0 Å². The number of rotatable bonds is 5. The van der Waals surface area contributed by atoms with Crippen LogP contribution in [0.5, 0.6) is 0 Å². The van der Waals surface area contributed by atoms with Gasteiger partial charge >= 0.3 is 0 Å². The predicted molar refractivity (Wildman–Crippen MR) is 237 cm³/mol. The van der Waals surface area contributed by atoms with Crippen molar-refractivity contribution in [2.45, 2.75) is 9.79 Å². The highest BCUT2D eigenvalue weighted by atomic mass is 32.2. The lowest BCUT2D eigenvalue weighted by atomic mass is 10.0. The minimum Gasteiger partial charge on any atom is -0.456 e. The van der Waals surface area contributed by atoms with Crippen LogP contribution in [0.15, 0.2) is 202 Å². The van der Waals surface area contributed by atoms with Gasteiger partial charge in [0.25, 0.3) is 0 Å². The van der Waals surface area contributed by atoms with Crippen LogP contribution in [-0.4, -0.2) is 19.5 Å². The number of fused-ring (bicyclic) bond motifs is 8. The first kappa shape index (κ1) is 32.7. The number of anilines is 3. The van der Waals surface area contributed by atoms with Gasteiger partial charge in [0.1, 0.15) is 11.2 Å². The van der Waals surface area contributed by atoms with Gasteiger partial charge in [0.15, 0.2) is 17.5 Å². The molecule has 3 aromatic heterocycles. The van der Waals surface area contributed by atoms with Crippen molar-refractivity contribution >= 4 is 72.6 Å². The van der Waals surface area contributed by atoms with Crippen molar-refractivity contribution in [3.8, 4) is 39.9 Å². The van der Waals surface area contributed by atoms with E-state index in [1.165, 1.54) is 26.3 Å². The molecule has 0 saturated carbocycles. The lowest BCUT2D eigenvalue weighted by molar-refractivity contribution is 0.669. The normalized spacial score (nSPS) is 12.4. The zero-order valence-corrected chi connectivity index (χ0v) is 31.8. The highest BCUT2D eigenvalue weighted by Crippen LogP contribution is 2.53. The van der Waals surface area contributed by atoms with Gasteiger partial charge in [-0.15, -0.1) is 0 Å². The van der Waals surface area contributed by atoms with Crippen LogP contribution in [0.3, 0.4) is 0 Å². The molecule has 0 saturated heterocycles. The second kappa shape index (κ2) is 13.0. The largest absolute Gasteiger partial charge is 0.456 e. The van der Waals surface area contributed by atoms with Crippen LogP contribution in [-0.2, 0) is 0 Å². The molecule has 0 aliphatic carbocycles. The molecule has 7 heteroatoms. The molecule has 1 aliphatic rings. The van der Waals surface area contributed by atoms with Crippen LogP contribution < -0.4 is 4.90 Å². The van der Waals surface area contributed by atoms with Gasteiger partial charge in [-0.3, -0.25) is 0 Å². The van der Waals surface area contributed by atoms with E-state index in [4.69, 9.17) is 19.4 Å². The minimum atomic E-state index is 0.591. The highest BCUT2D eigenvalue weighted by Gasteiger charge is 2.27. The number of furan rings is 1. The van der Waals surface area contributed by atoms with Gasteiger partial charge < -0.3 is 13.9 Å². The number of para-hydroxylation sites is 3. The van der Waals surface area contributed by atoms with Crippen molar-refractivity contribution in [3.05, 3.63) is 188 Å². The Bertz CT molecular complexity index is 3320. The van der Waals surface area contributed by atoms with Gasteiger partial charge in [-0.05, 0) is 66.7 Å². The van der Waals surface area contributed by atoms with Crippen molar-refractivity contribution < 1.29 is 4.42 Å². The van der Waals surface area contributed by atoms with Gasteiger partial charge in [-0.2, -0.15) is 0 Å². The van der Waals surface area contributed by atoms with E-state index in [1.54, 1.807) is 0 Å². The minimum absolute atomic E-state index is 0.591. The molecule has 0 unspecified atom stereocenters. The molecular formula is C51H31N5OS. The maximum atomic E-state index is 6.57. The Balaban J connectivity index is 1.09. The van der Waals surface area contributed by atoms with E-state index in [2.05, 4.69) is 125 Å². The van der Waals surface area contributed by atoms with Gasteiger partial charge in [0.2, 0.25) is 0 Å². The molecule has 1 aliphatic heterocycles. The maximum Gasteiger partial charge on any atom is 0.164 e. The third kappa shape index (κ3) is 5.17. The van der Waals surface area contributed by atoms with Gasteiger partial charge in [0, 0.05) is 59.4 Å². The lowest BCUT2D eigenvalue weighted by Gasteiger charge is -2.33. The first-order valence-corrected chi connectivity index (χ1v) is 20.1. The zero-order chi connectivity index (χ0) is 38.2. The number of hydrogen-bond donors (Lipinski definition) is 0. The summed E-state index contributed by atoms with van der Waals surface area (Å²) in [5, 5.41) is 4.37. The topological polar surface area (TPSA) is 60.0 Å². The van der Waals surface area contributed by atoms with E-state index in [9.17, 15) is 0 Å². The monoisotopic (exact) mass is 761 g/mol. The summed E-state index contributed by atoms with van der Waals surface area (Å²) in [4.78, 5) is 20.0. The second-order valence-electron chi connectivity index (χ2n) is 14.4. The first-order valence-electron chi connectivity index (χ1n) is 19.3. The molecular weight excluding hydrogens is 731 g/mol. The molecule has 8 aromatic carbocycles. The van der Waals surface area contributed by atoms with Crippen LogP contribution in [0.25, 0.3) is 83.6 Å². The van der Waals surface area contributed by atoms with E-state index in [1.807, 2.05) is 84.6 Å². The summed E-state index contributed by atoms with van der Waals surface area (Å²) < 4.78 is 8.97. The molecule has 11 aromatic rings. The molecule has 4 heterocycles. The van der Waals surface area contributed by atoms with E-state index >= 15 is 0 Å². The predicted octanol–water partition coefficient (Wildman–Crippen LogP) is 13.8. The summed E-state index contributed by atoms with van der Waals surface area (Å²) in [5.41, 5.74) is 11.1. The van der Waals surface area contributed by atoms with Crippen molar-refractivity contribution in [1.82, 2.24) is 19.5 Å². The zero-order valence-electron chi connectivity index (χ0n) is 31.0. The standard InChI is InChI=1S/C51H31N5OS/c1-4-15-32(16-5-1)49-52-50(33-17-6-2-7-18-33)54-51(53-49)37-22-14-25-45-48(37)39-29-35(27-28-44(39)57-45)56-40-23-11-10-21-36(40)38-30-47-43(31-42(38)56)55(34-19-8-3-9-20-34)41-24-12-13-26-46(41)58-47/h1-31H. The molecule has 0 radical (unpaired) electrons. The van der Waals surface area contributed by atoms with Crippen LogP contribution in [0.4, 0.5) is 17.1 Å². The fraction of sp³-hybridized carbons (Fsp3) is 0. The Hall–Kier alpha value is -7.48. The third-order valence-electron chi connectivity index (χ3n) is 11.0. The van der Waals surface area contributed by atoms with E-state index in [0.717, 1.165) is 66.7 Å². The SMILES string of the molecule is c1ccc(-c2nc(-c3ccccc3)nc(-c3cccc4oc5ccc(-n6c7ccccc7c7cc8c(cc76)N(c6ccccc6)c6ccccc6S8)cc5c34)n2)cc1. The Morgan fingerprint density at radius 3 is 1.86 bits per heavy atom. The molecule has 6 nitrogen and oxygen atoms in total. The summed E-state index contributed by atoms with van der Waals surface area (Å²) in [6.45, 7) is 0. The summed E-state index contributed by atoms with van der Waals surface area (Å²) in [5.74, 6) is 1.83. The van der Waals surface area contributed by atoms with Gasteiger partial charge in [-0.1, -0.05) is 133 Å². The second-order valence-corrected chi connectivity index (χ2v) is 15.5. The van der Waals surface area contributed by atoms with E-state index in [-0.39, 0.29) is 0 Å². The van der Waals surface area contributed by atoms with Crippen LogP contribution >= 0.6 is 11.8 Å². The maximum absolute atomic E-state index is 6.57. The summed E-state index contributed by atoms with van der Waals surface area (Å²) in [7, 11) is 0. The molecule has 58 heavy (non-hydrogen) atoms. The fourth-order valence-corrected chi connectivity index (χ4v) is 9.50. The molecule has 12 rings (SSSR count). The van der Waals surface area contributed by atoms with Crippen molar-refractivity contribution in [1.29, 1.82) is 0 Å². The van der Waals surface area contributed by atoms with Crippen LogP contribution in [0.2, 0.25) is 0 Å². The van der Waals surface area contributed by atoms with Crippen LogP contribution in [0, 0.1) is 0 Å². The van der Waals surface area contributed by atoms with Crippen molar-refractivity contribution in [2.24, 2.45) is 0 Å². The smallest absolute Gasteiger partial charge is 0.164 e. The van der Waals surface area contributed by atoms with E-state index < -0.39 is 0 Å². The Labute approximate surface area is 337 Å². The third-order valence-corrected chi connectivity index (χ3v) is 12.1. The number of aromatic nitrogens is 4. The number of benzene rings is 8. The summed E-state index contributed by atoms with van der Waals surface area (Å²) in [6.07, 6.45) is 0. The Kier molecular flexibility index (Phi) is 7.36. The van der Waals surface area contributed by atoms with E-state index in [0.29, 0.717) is 17.5 Å². The molecule has 0 bridgehead atoms. The average molecular weight is 762 g/mol. The van der Waals surface area contributed by atoms with Gasteiger partial charge in [-0.25, -0.2) is 15.0 Å². The molecule has 0 spiro atoms. The molecule has 0 amide bonds. The summed E-state index contributed by atoms with van der Waals surface area (Å²) >= 11 is 1.83. The quantitative estimate of drug-likeness (QED) is 0.174. The van der Waals surface area contributed by atoms with Crippen molar-refractivity contribution in [2.75, 3.05) is 4.90 Å². The van der Waals surface area contributed by atoms with Crippen LogP contribution in [0.1, 0.15) is 0 Å². The first-order chi connectivity index (χ1) is 28.7. The number of nitrogens with zero attached hydrogens (tertiary/aromatic N) is 5. The fourth-order valence-electron chi connectivity index (χ4n) is 8.42. The molecule has 0 N–H and O–H groups in total.